The van der Waals surface area contributed by atoms with Gasteiger partial charge < -0.3 is 10.1 Å². The molecule has 0 unspecified atom stereocenters. The maximum atomic E-state index is 13.9. The largest absolute Gasteiger partial charge is 0.494 e. The standard InChI is InChI=1S/C16H14BrFN2O/c17-15-12(11-19)7-8-14(16(15)18)20-9-4-10-21-13-5-2-1-3-6-13/h1-3,5-8,20H,4,9-10H2. The van der Waals surface area contributed by atoms with Crippen molar-refractivity contribution in [3.8, 4) is 11.8 Å². The summed E-state index contributed by atoms with van der Waals surface area (Å²) < 4.78 is 19.7. The van der Waals surface area contributed by atoms with Gasteiger partial charge in [0.15, 0.2) is 5.82 Å². The second-order valence-corrected chi connectivity index (χ2v) is 5.14. The van der Waals surface area contributed by atoms with Gasteiger partial charge in [0, 0.05) is 6.54 Å². The maximum Gasteiger partial charge on any atom is 0.161 e. The van der Waals surface area contributed by atoms with Gasteiger partial charge in [-0.15, -0.1) is 0 Å². The molecule has 21 heavy (non-hydrogen) atoms. The number of rotatable bonds is 6. The third kappa shape index (κ3) is 4.20. The van der Waals surface area contributed by atoms with Crippen molar-refractivity contribution in [3.05, 3.63) is 58.3 Å². The van der Waals surface area contributed by atoms with Crippen LogP contribution in [0.2, 0.25) is 0 Å². The Labute approximate surface area is 131 Å². The molecule has 1 N–H and O–H groups in total. The summed E-state index contributed by atoms with van der Waals surface area (Å²) in [7, 11) is 0. The van der Waals surface area contributed by atoms with Crippen LogP contribution in [0.5, 0.6) is 5.75 Å². The van der Waals surface area contributed by atoms with Crippen molar-refractivity contribution in [3.63, 3.8) is 0 Å². The molecule has 0 bridgehead atoms. The molecule has 0 aliphatic carbocycles. The second kappa shape index (κ2) is 7.65. The molecular weight excluding hydrogens is 335 g/mol. The average molecular weight is 349 g/mol. The summed E-state index contributed by atoms with van der Waals surface area (Å²) in [5.74, 6) is 0.378. The molecule has 0 radical (unpaired) electrons. The lowest BCUT2D eigenvalue weighted by molar-refractivity contribution is 0.315. The van der Waals surface area contributed by atoms with Crippen LogP contribution in [0.1, 0.15) is 12.0 Å². The fourth-order valence-corrected chi connectivity index (χ4v) is 2.21. The zero-order valence-corrected chi connectivity index (χ0v) is 12.9. The van der Waals surface area contributed by atoms with Gasteiger partial charge in [-0.25, -0.2) is 4.39 Å². The summed E-state index contributed by atoms with van der Waals surface area (Å²) in [6.45, 7) is 1.14. The minimum atomic E-state index is -0.446. The van der Waals surface area contributed by atoms with Crippen molar-refractivity contribution < 1.29 is 9.13 Å². The van der Waals surface area contributed by atoms with Crippen LogP contribution in [-0.2, 0) is 0 Å². The van der Waals surface area contributed by atoms with Crippen LogP contribution in [0.4, 0.5) is 10.1 Å². The molecule has 0 fully saturated rings. The number of ether oxygens (including phenoxy) is 1. The van der Waals surface area contributed by atoms with Crippen molar-refractivity contribution in [2.24, 2.45) is 0 Å². The Morgan fingerprint density at radius 3 is 2.67 bits per heavy atom. The Hall–Kier alpha value is -2.06. The van der Waals surface area contributed by atoms with Crippen molar-refractivity contribution in [2.45, 2.75) is 6.42 Å². The van der Waals surface area contributed by atoms with Gasteiger partial charge in [-0.2, -0.15) is 5.26 Å². The molecule has 3 nitrogen and oxygen atoms in total. The van der Waals surface area contributed by atoms with Crippen molar-refractivity contribution >= 4 is 21.6 Å². The molecule has 2 aromatic rings. The highest BCUT2D eigenvalue weighted by Gasteiger charge is 2.10. The van der Waals surface area contributed by atoms with E-state index in [4.69, 9.17) is 10.00 Å². The molecular formula is C16H14BrFN2O. The summed E-state index contributed by atoms with van der Waals surface area (Å²) in [6, 6.07) is 14.6. The number of hydrogen-bond donors (Lipinski definition) is 1. The third-order valence-electron chi connectivity index (χ3n) is 2.85. The smallest absolute Gasteiger partial charge is 0.161 e. The number of anilines is 1. The predicted octanol–water partition coefficient (Wildman–Crippen LogP) is 4.34. The topological polar surface area (TPSA) is 45.0 Å². The first kappa shape index (κ1) is 15.3. The Balaban J connectivity index is 1.79. The number of nitrogens with zero attached hydrogens (tertiary/aromatic N) is 1. The number of para-hydroxylation sites is 1. The average Bonchev–Trinajstić information content (AvgIpc) is 2.52. The number of halogens is 2. The Kier molecular flexibility index (Phi) is 5.59. The molecule has 0 aliphatic heterocycles. The first-order chi connectivity index (χ1) is 10.2. The van der Waals surface area contributed by atoms with Crippen LogP contribution in [0.15, 0.2) is 46.9 Å². The van der Waals surface area contributed by atoms with E-state index in [0.29, 0.717) is 18.8 Å². The number of benzene rings is 2. The Bertz CT molecular complexity index is 641. The molecule has 2 rings (SSSR count). The van der Waals surface area contributed by atoms with Gasteiger partial charge >= 0.3 is 0 Å². The lowest BCUT2D eigenvalue weighted by Crippen LogP contribution is -2.08. The molecule has 108 valence electrons. The highest BCUT2D eigenvalue weighted by Crippen LogP contribution is 2.26. The normalized spacial score (nSPS) is 9.95. The maximum absolute atomic E-state index is 13.9. The quantitative estimate of drug-likeness (QED) is 0.789. The zero-order valence-electron chi connectivity index (χ0n) is 11.3. The van der Waals surface area contributed by atoms with E-state index in [1.165, 1.54) is 0 Å². The summed E-state index contributed by atoms with van der Waals surface area (Å²) in [5, 5.41) is 11.8. The van der Waals surface area contributed by atoms with Crippen molar-refractivity contribution in [1.82, 2.24) is 0 Å². The predicted molar refractivity (Wildman–Crippen MR) is 83.9 cm³/mol. The van der Waals surface area contributed by atoms with E-state index in [1.54, 1.807) is 12.1 Å². The van der Waals surface area contributed by atoms with Crippen LogP contribution < -0.4 is 10.1 Å². The van der Waals surface area contributed by atoms with Crippen molar-refractivity contribution in [2.75, 3.05) is 18.5 Å². The number of nitrogens with one attached hydrogen (secondary N) is 1. The van der Waals surface area contributed by atoms with Crippen LogP contribution in [0.25, 0.3) is 0 Å². The van der Waals surface area contributed by atoms with Crippen molar-refractivity contribution in [1.29, 1.82) is 5.26 Å². The molecule has 0 amide bonds. The first-order valence-corrected chi connectivity index (χ1v) is 7.31. The summed E-state index contributed by atoms with van der Waals surface area (Å²) in [4.78, 5) is 0. The molecule has 0 heterocycles. The molecule has 0 aromatic heterocycles. The highest BCUT2D eigenvalue weighted by atomic mass is 79.9. The van der Waals surface area contributed by atoms with Crippen LogP contribution in [-0.4, -0.2) is 13.2 Å². The fourth-order valence-electron chi connectivity index (χ4n) is 1.77. The summed E-state index contributed by atoms with van der Waals surface area (Å²) >= 11 is 3.08. The molecule has 0 aliphatic rings. The first-order valence-electron chi connectivity index (χ1n) is 6.52. The molecule has 5 heteroatoms. The SMILES string of the molecule is N#Cc1ccc(NCCCOc2ccccc2)c(F)c1Br. The van der Waals surface area contributed by atoms with Gasteiger partial charge in [0.1, 0.15) is 11.8 Å². The van der Waals surface area contributed by atoms with Gasteiger partial charge in [-0.05, 0) is 46.6 Å². The second-order valence-electron chi connectivity index (χ2n) is 4.34. The molecule has 2 aromatic carbocycles. The van der Waals surface area contributed by atoms with E-state index in [9.17, 15) is 4.39 Å². The summed E-state index contributed by atoms with van der Waals surface area (Å²) in [5.41, 5.74) is 0.658. The molecule has 0 spiro atoms. The van der Waals surface area contributed by atoms with Gasteiger partial charge in [0.2, 0.25) is 0 Å². The van der Waals surface area contributed by atoms with Crippen LogP contribution >= 0.6 is 15.9 Å². The lowest BCUT2D eigenvalue weighted by atomic mass is 10.2. The van der Waals surface area contributed by atoms with E-state index in [2.05, 4.69) is 21.2 Å². The fraction of sp³-hybridized carbons (Fsp3) is 0.188. The van der Waals surface area contributed by atoms with Gasteiger partial charge in [-0.3, -0.25) is 0 Å². The third-order valence-corrected chi connectivity index (χ3v) is 3.63. The zero-order chi connectivity index (χ0) is 15.1. The Morgan fingerprint density at radius 1 is 1.19 bits per heavy atom. The highest BCUT2D eigenvalue weighted by molar-refractivity contribution is 9.10. The van der Waals surface area contributed by atoms with E-state index >= 15 is 0 Å². The summed E-state index contributed by atoms with van der Waals surface area (Å²) in [6.07, 6.45) is 0.742. The van der Waals surface area contributed by atoms with E-state index < -0.39 is 5.82 Å². The van der Waals surface area contributed by atoms with Crippen LogP contribution in [0, 0.1) is 17.1 Å². The van der Waals surface area contributed by atoms with E-state index in [1.807, 2.05) is 36.4 Å². The monoisotopic (exact) mass is 348 g/mol. The van der Waals surface area contributed by atoms with Crippen LogP contribution in [0.3, 0.4) is 0 Å². The van der Waals surface area contributed by atoms with Gasteiger partial charge in [0.25, 0.3) is 0 Å². The number of nitriles is 1. The minimum Gasteiger partial charge on any atom is -0.494 e. The van der Waals surface area contributed by atoms with Gasteiger partial charge in [0.05, 0.1) is 22.3 Å². The van der Waals surface area contributed by atoms with E-state index in [-0.39, 0.29) is 10.0 Å². The molecule has 0 saturated carbocycles. The Morgan fingerprint density at radius 2 is 1.95 bits per heavy atom. The molecule has 0 saturated heterocycles. The van der Waals surface area contributed by atoms with Gasteiger partial charge in [-0.1, -0.05) is 18.2 Å². The molecule has 0 atom stereocenters. The number of hydrogen-bond acceptors (Lipinski definition) is 3. The minimum absolute atomic E-state index is 0.190. The lowest BCUT2D eigenvalue weighted by Gasteiger charge is -2.10. The van der Waals surface area contributed by atoms with E-state index in [0.717, 1.165) is 12.2 Å².